The van der Waals surface area contributed by atoms with Gasteiger partial charge in [0.05, 0.1) is 19.4 Å². The molecule has 0 spiro atoms. The Morgan fingerprint density at radius 1 is 0.946 bits per heavy atom. The van der Waals surface area contributed by atoms with E-state index in [4.69, 9.17) is 4.74 Å². The molecule has 3 aromatic carbocycles. The average Bonchev–Trinajstić information content (AvgIpc) is 3.30. The number of anilines is 1. The topological polar surface area (TPSA) is 98.1 Å². The van der Waals surface area contributed by atoms with E-state index in [0.717, 1.165) is 28.1 Å². The van der Waals surface area contributed by atoms with Gasteiger partial charge in [0.2, 0.25) is 5.91 Å². The Kier molecular flexibility index (Phi) is 8.25. The van der Waals surface area contributed by atoms with Gasteiger partial charge in [0.1, 0.15) is 5.75 Å². The first-order valence-electron chi connectivity index (χ1n) is 11.8. The smallest absolute Gasteiger partial charge is 0.251 e. The second-order valence-electron chi connectivity index (χ2n) is 8.64. The maximum Gasteiger partial charge on any atom is 0.251 e. The zero-order chi connectivity index (χ0) is 26.4. The number of hydrogen-bond donors (Lipinski definition) is 2. The third-order valence-corrected chi connectivity index (χ3v) is 6.64. The summed E-state index contributed by atoms with van der Waals surface area (Å²) in [5.74, 6) is 1.03. The van der Waals surface area contributed by atoms with Crippen LogP contribution in [0.25, 0.3) is 5.69 Å². The van der Waals surface area contributed by atoms with Gasteiger partial charge in [0.15, 0.2) is 11.0 Å². The van der Waals surface area contributed by atoms with Crippen molar-refractivity contribution in [1.82, 2.24) is 20.1 Å². The molecular weight excluding hydrogens is 486 g/mol. The fourth-order valence-corrected chi connectivity index (χ4v) is 4.58. The predicted octanol–water partition coefficient (Wildman–Crippen LogP) is 4.86. The number of nitrogens with zero attached hydrogens (tertiary/aromatic N) is 3. The standard InChI is InChI=1S/C28H29N5O3S/c1-18-6-5-7-22(15-18)33-25(16-29-27(35)21-9-11-23(36-4)12-10-21)31-32-28(33)37-17-26(34)30-24-13-8-19(2)14-20(24)3/h5-15H,16-17H2,1-4H3,(H,29,35)(H,30,34). The molecule has 1 aromatic heterocycles. The molecule has 9 heteroatoms. The van der Waals surface area contributed by atoms with Crippen molar-refractivity contribution >= 4 is 29.3 Å². The van der Waals surface area contributed by atoms with Crippen molar-refractivity contribution < 1.29 is 14.3 Å². The minimum absolute atomic E-state index is 0.134. The van der Waals surface area contributed by atoms with E-state index < -0.39 is 0 Å². The highest BCUT2D eigenvalue weighted by Crippen LogP contribution is 2.24. The SMILES string of the molecule is COc1ccc(C(=O)NCc2nnc(SCC(=O)Nc3ccc(C)cc3C)n2-c2cccc(C)c2)cc1. The summed E-state index contributed by atoms with van der Waals surface area (Å²) < 4.78 is 7.03. The van der Waals surface area contributed by atoms with Gasteiger partial charge in [-0.05, 0) is 74.4 Å². The number of aromatic nitrogens is 3. The summed E-state index contributed by atoms with van der Waals surface area (Å²) in [6.07, 6.45) is 0. The van der Waals surface area contributed by atoms with Gasteiger partial charge in [-0.2, -0.15) is 0 Å². The number of methoxy groups -OCH3 is 1. The van der Waals surface area contributed by atoms with E-state index in [1.807, 2.05) is 67.8 Å². The largest absolute Gasteiger partial charge is 0.497 e. The number of amides is 2. The number of benzene rings is 3. The number of thioether (sulfide) groups is 1. The monoisotopic (exact) mass is 515 g/mol. The van der Waals surface area contributed by atoms with Crippen LogP contribution in [0.15, 0.2) is 71.9 Å². The molecular formula is C28H29N5O3S. The molecule has 1 heterocycles. The molecule has 0 saturated heterocycles. The molecule has 0 aliphatic carbocycles. The van der Waals surface area contributed by atoms with Crippen LogP contribution in [-0.2, 0) is 11.3 Å². The van der Waals surface area contributed by atoms with Crippen molar-refractivity contribution in [2.45, 2.75) is 32.5 Å². The van der Waals surface area contributed by atoms with Crippen LogP contribution < -0.4 is 15.4 Å². The molecule has 0 aliphatic rings. The number of hydrogen-bond acceptors (Lipinski definition) is 6. The Morgan fingerprint density at radius 3 is 2.41 bits per heavy atom. The highest BCUT2D eigenvalue weighted by atomic mass is 32.2. The van der Waals surface area contributed by atoms with E-state index in [9.17, 15) is 9.59 Å². The average molecular weight is 516 g/mol. The van der Waals surface area contributed by atoms with Crippen molar-refractivity contribution in [3.8, 4) is 11.4 Å². The molecule has 0 unspecified atom stereocenters. The van der Waals surface area contributed by atoms with E-state index in [-0.39, 0.29) is 24.1 Å². The maximum atomic E-state index is 12.7. The summed E-state index contributed by atoms with van der Waals surface area (Å²) in [7, 11) is 1.58. The van der Waals surface area contributed by atoms with Crippen molar-refractivity contribution in [1.29, 1.82) is 0 Å². The number of carbonyl (C=O) groups is 2. The van der Waals surface area contributed by atoms with E-state index in [1.54, 1.807) is 31.4 Å². The Bertz CT molecular complexity index is 1420. The van der Waals surface area contributed by atoms with E-state index in [1.165, 1.54) is 11.8 Å². The first kappa shape index (κ1) is 26.0. The fraction of sp³-hybridized carbons (Fsp3) is 0.214. The Hall–Kier alpha value is -4.11. The number of aryl methyl sites for hydroxylation is 3. The zero-order valence-corrected chi connectivity index (χ0v) is 22.1. The molecule has 4 rings (SSSR count). The second-order valence-corrected chi connectivity index (χ2v) is 9.58. The minimum Gasteiger partial charge on any atom is -0.497 e. The molecule has 0 atom stereocenters. The highest BCUT2D eigenvalue weighted by Gasteiger charge is 2.17. The van der Waals surface area contributed by atoms with Crippen LogP contribution in [0.4, 0.5) is 5.69 Å². The lowest BCUT2D eigenvalue weighted by Gasteiger charge is -2.12. The third kappa shape index (κ3) is 6.56. The highest BCUT2D eigenvalue weighted by molar-refractivity contribution is 7.99. The fourth-order valence-electron chi connectivity index (χ4n) is 3.81. The van der Waals surface area contributed by atoms with Gasteiger partial charge < -0.3 is 15.4 Å². The molecule has 4 aromatic rings. The first-order valence-corrected chi connectivity index (χ1v) is 12.8. The van der Waals surface area contributed by atoms with E-state index >= 15 is 0 Å². The number of ether oxygens (including phenoxy) is 1. The molecule has 0 saturated carbocycles. The van der Waals surface area contributed by atoms with Crippen LogP contribution in [0, 0.1) is 20.8 Å². The van der Waals surface area contributed by atoms with Crippen molar-refractivity contribution in [2.75, 3.05) is 18.2 Å². The summed E-state index contributed by atoms with van der Waals surface area (Å²) in [4.78, 5) is 25.4. The summed E-state index contributed by atoms with van der Waals surface area (Å²) in [6, 6.07) is 20.7. The van der Waals surface area contributed by atoms with Crippen LogP contribution in [0.2, 0.25) is 0 Å². The van der Waals surface area contributed by atoms with Crippen LogP contribution in [0.5, 0.6) is 5.75 Å². The van der Waals surface area contributed by atoms with Gasteiger partial charge in [-0.25, -0.2) is 0 Å². The Morgan fingerprint density at radius 2 is 1.70 bits per heavy atom. The zero-order valence-electron chi connectivity index (χ0n) is 21.2. The van der Waals surface area contributed by atoms with Crippen molar-refractivity contribution in [2.24, 2.45) is 0 Å². The minimum atomic E-state index is -0.233. The van der Waals surface area contributed by atoms with Gasteiger partial charge in [-0.1, -0.05) is 41.6 Å². The lowest BCUT2D eigenvalue weighted by atomic mass is 10.1. The number of carbonyl (C=O) groups excluding carboxylic acids is 2. The molecule has 0 fully saturated rings. The quantitative estimate of drug-likeness (QED) is 0.309. The van der Waals surface area contributed by atoms with Crippen molar-refractivity contribution in [3.05, 3.63) is 94.8 Å². The molecule has 37 heavy (non-hydrogen) atoms. The number of nitrogens with one attached hydrogen (secondary N) is 2. The van der Waals surface area contributed by atoms with Crippen LogP contribution in [0.1, 0.15) is 32.9 Å². The molecule has 0 bridgehead atoms. The van der Waals surface area contributed by atoms with Crippen molar-refractivity contribution in [3.63, 3.8) is 0 Å². The van der Waals surface area contributed by atoms with Gasteiger partial charge >= 0.3 is 0 Å². The second kappa shape index (κ2) is 11.7. The van der Waals surface area contributed by atoms with E-state index in [2.05, 4.69) is 20.8 Å². The summed E-state index contributed by atoms with van der Waals surface area (Å²) in [5, 5.41) is 15.1. The first-order chi connectivity index (χ1) is 17.8. The molecule has 2 N–H and O–H groups in total. The maximum absolute atomic E-state index is 12.7. The van der Waals surface area contributed by atoms with Gasteiger partial charge in [-0.3, -0.25) is 14.2 Å². The van der Waals surface area contributed by atoms with Gasteiger partial charge in [0, 0.05) is 16.9 Å². The van der Waals surface area contributed by atoms with Crippen LogP contribution >= 0.6 is 11.8 Å². The molecule has 2 amide bonds. The summed E-state index contributed by atoms with van der Waals surface area (Å²) >= 11 is 1.29. The van der Waals surface area contributed by atoms with Gasteiger partial charge in [0.25, 0.3) is 5.91 Å². The molecule has 0 radical (unpaired) electrons. The third-order valence-electron chi connectivity index (χ3n) is 5.71. The predicted molar refractivity (Wildman–Crippen MR) is 146 cm³/mol. The molecule has 0 aliphatic heterocycles. The van der Waals surface area contributed by atoms with Crippen LogP contribution in [0.3, 0.4) is 0 Å². The Balaban J connectivity index is 1.50. The normalized spacial score (nSPS) is 10.7. The molecule has 190 valence electrons. The lowest BCUT2D eigenvalue weighted by molar-refractivity contribution is -0.113. The summed E-state index contributed by atoms with van der Waals surface area (Å²) in [6.45, 7) is 6.16. The summed E-state index contributed by atoms with van der Waals surface area (Å²) in [5.41, 5.74) is 5.39. The lowest BCUT2D eigenvalue weighted by Crippen LogP contribution is -2.24. The molecule has 8 nitrogen and oxygen atoms in total. The van der Waals surface area contributed by atoms with Gasteiger partial charge in [-0.15, -0.1) is 10.2 Å². The van der Waals surface area contributed by atoms with Crippen LogP contribution in [-0.4, -0.2) is 39.4 Å². The Labute approximate surface area is 220 Å². The number of rotatable bonds is 9. The van der Waals surface area contributed by atoms with E-state index in [0.29, 0.717) is 22.3 Å².